The molecular weight excluding hydrogens is 358 g/mol. The number of aryl methyl sites for hydroxylation is 1. The number of rotatable bonds is 4. The maximum Gasteiger partial charge on any atom is 0.325 e. The van der Waals surface area contributed by atoms with E-state index in [9.17, 15) is 9.59 Å². The summed E-state index contributed by atoms with van der Waals surface area (Å²) in [6, 6.07) is 7.80. The lowest BCUT2D eigenvalue weighted by Gasteiger charge is -2.35. The van der Waals surface area contributed by atoms with Crippen LogP contribution in [0.15, 0.2) is 29.6 Å². The number of hydrogen-bond donors (Lipinski definition) is 2. The van der Waals surface area contributed by atoms with Gasteiger partial charge in [0.05, 0.1) is 6.54 Å². The molecule has 3 amide bonds. The molecule has 1 fully saturated rings. The van der Waals surface area contributed by atoms with Gasteiger partial charge in [-0.05, 0) is 73.2 Å². The van der Waals surface area contributed by atoms with Gasteiger partial charge >= 0.3 is 6.03 Å². The Morgan fingerprint density at radius 2 is 2.04 bits per heavy atom. The summed E-state index contributed by atoms with van der Waals surface area (Å²) in [4.78, 5) is 28.4. The molecule has 1 aliphatic heterocycles. The van der Waals surface area contributed by atoms with Crippen molar-refractivity contribution in [3.63, 3.8) is 0 Å². The number of amides is 3. The number of nitrogens with zero attached hydrogens (tertiary/aromatic N) is 1. The third-order valence-corrected chi connectivity index (χ3v) is 6.64. The number of urea groups is 1. The quantitative estimate of drug-likeness (QED) is 0.838. The summed E-state index contributed by atoms with van der Waals surface area (Å²) in [5, 5.41) is 7.44. The Morgan fingerprint density at radius 3 is 2.81 bits per heavy atom. The van der Waals surface area contributed by atoms with Crippen molar-refractivity contribution in [3.05, 3.63) is 51.2 Å². The zero-order chi connectivity index (χ0) is 19.0. The molecule has 1 aromatic carbocycles. The molecule has 2 heterocycles. The highest BCUT2D eigenvalue weighted by molar-refractivity contribution is 7.10. The van der Waals surface area contributed by atoms with Crippen molar-refractivity contribution >= 4 is 29.0 Å². The van der Waals surface area contributed by atoms with Gasteiger partial charge in [-0.2, -0.15) is 0 Å². The first-order valence-corrected chi connectivity index (χ1v) is 10.4. The van der Waals surface area contributed by atoms with E-state index in [1.807, 2.05) is 43.4 Å². The molecule has 27 heavy (non-hydrogen) atoms. The zero-order valence-electron chi connectivity index (χ0n) is 15.7. The molecule has 1 atom stereocenters. The fourth-order valence-corrected chi connectivity index (χ4v) is 4.84. The molecule has 0 radical (unpaired) electrons. The third kappa shape index (κ3) is 3.92. The first kappa shape index (κ1) is 18.2. The molecule has 2 aliphatic rings. The van der Waals surface area contributed by atoms with E-state index in [-0.39, 0.29) is 12.5 Å². The minimum atomic E-state index is -0.468. The Labute approximate surface area is 163 Å². The van der Waals surface area contributed by atoms with Crippen LogP contribution in [0.5, 0.6) is 0 Å². The Morgan fingerprint density at radius 1 is 1.22 bits per heavy atom. The second-order valence-electron chi connectivity index (χ2n) is 7.55. The molecule has 0 saturated heterocycles. The van der Waals surface area contributed by atoms with Crippen molar-refractivity contribution in [1.29, 1.82) is 0 Å². The molecule has 6 heteroatoms. The smallest absolute Gasteiger partial charge is 0.307 e. The van der Waals surface area contributed by atoms with E-state index in [2.05, 4.69) is 27.0 Å². The van der Waals surface area contributed by atoms with Gasteiger partial charge in [-0.15, -0.1) is 11.3 Å². The molecule has 0 bridgehead atoms. The van der Waals surface area contributed by atoms with Crippen molar-refractivity contribution in [1.82, 2.24) is 10.2 Å². The number of nitrogens with one attached hydrogen (secondary N) is 2. The van der Waals surface area contributed by atoms with E-state index < -0.39 is 6.03 Å². The van der Waals surface area contributed by atoms with Gasteiger partial charge in [-0.3, -0.25) is 15.0 Å². The highest BCUT2D eigenvalue weighted by Gasteiger charge is 2.40. The van der Waals surface area contributed by atoms with Gasteiger partial charge < -0.3 is 5.32 Å². The number of thiophene rings is 1. The van der Waals surface area contributed by atoms with E-state index in [0.717, 1.165) is 29.8 Å². The fraction of sp³-hybridized carbons (Fsp3) is 0.429. The zero-order valence-corrected chi connectivity index (χ0v) is 16.6. The summed E-state index contributed by atoms with van der Waals surface area (Å²) in [7, 11) is 0. The van der Waals surface area contributed by atoms with Crippen LogP contribution >= 0.6 is 11.3 Å². The van der Waals surface area contributed by atoms with Crippen LogP contribution in [0.2, 0.25) is 0 Å². The SMILES string of the molecule is Cc1cccc(NC(=O)NC(=O)CN2CCc3sccc3[C@H]2C2CC2)c1C. The van der Waals surface area contributed by atoms with E-state index in [1.54, 1.807) is 0 Å². The number of hydrogen-bond acceptors (Lipinski definition) is 4. The van der Waals surface area contributed by atoms with Gasteiger partial charge in [0.25, 0.3) is 0 Å². The van der Waals surface area contributed by atoms with Crippen molar-refractivity contribution in [2.24, 2.45) is 5.92 Å². The number of anilines is 1. The summed E-state index contributed by atoms with van der Waals surface area (Å²) in [5.74, 6) is 0.400. The van der Waals surface area contributed by atoms with Crippen molar-refractivity contribution in [3.8, 4) is 0 Å². The Balaban J connectivity index is 1.38. The number of carbonyl (C=O) groups is 2. The van der Waals surface area contributed by atoms with Crippen molar-refractivity contribution < 1.29 is 9.59 Å². The Bertz CT molecular complexity index is 872. The average Bonchev–Trinajstić information content (AvgIpc) is 3.34. The minimum absolute atomic E-state index is 0.248. The van der Waals surface area contributed by atoms with Crippen LogP contribution in [0.3, 0.4) is 0 Å². The molecule has 0 unspecified atom stereocenters. The predicted molar refractivity (Wildman–Crippen MR) is 108 cm³/mol. The highest BCUT2D eigenvalue weighted by atomic mass is 32.1. The molecule has 4 rings (SSSR count). The molecule has 1 aliphatic carbocycles. The lowest BCUT2D eigenvalue weighted by atomic mass is 9.96. The Kier molecular flexibility index (Phi) is 5.02. The van der Waals surface area contributed by atoms with Gasteiger partial charge in [0.15, 0.2) is 0 Å². The van der Waals surface area contributed by atoms with Gasteiger partial charge in [-0.1, -0.05) is 12.1 Å². The molecule has 0 spiro atoms. The molecular formula is C21H25N3O2S. The van der Waals surface area contributed by atoms with E-state index in [1.165, 1.54) is 23.3 Å². The summed E-state index contributed by atoms with van der Waals surface area (Å²) in [6.07, 6.45) is 3.44. The molecule has 1 aromatic heterocycles. The number of benzene rings is 1. The van der Waals surface area contributed by atoms with Gasteiger partial charge in [0, 0.05) is 23.2 Å². The van der Waals surface area contributed by atoms with Crippen molar-refractivity contribution in [2.75, 3.05) is 18.4 Å². The predicted octanol–water partition coefficient (Wildman–Crippen LogP) is 4.02. The second kappa shape index (κ2) is 7.44. The van der Waals surface area contributed by atoms with Crippen LogP contribution in [-0.2, 0) is 11.2 Å². The van der Waals surface area contributed by atoms with Gasteiger partial charge in [0.1, 0.15) is 0 Å². The summed E-state index contributed by atoms with van der Waals surface area (Å²) in [5.41, 5.74) is 4.24. The monoisotopic (exact) mass is 383 g/mol. The largest absolute Gasteiger partial charge is 0.325 e. The molecule has 2 aromatic rings. The molecule has 142 valence electrons. The maximum absolute atomic E-state index is 12.5. The summed E-state index contributed by atoms with van der Waals surface area (Å²) in [6.45, 7) is 5.09. The normalized spacial score (nSPS) is 19.4. The van der Waals surface area contributed by atoms with Crippen LogP contribution in [0.1, 0.15) is 40.5 Å². The Hall–Kier alpha value is -2.18. The average molecular weight is 384 g/mol. The maximum atomic E-state index is 12.5. The lowest BCUT2D eigenvalue weighted by molar-refractivity contribution is -0.121. The number of imide groups is 1. The number of carbonyl (C=O) groups excluding carboxylic acids is 2. The highest BCUT2D eigenvalue weighted by Crippen LogP contribution is 2.48. The van der Waals surface area contributed by atoms with Gasteiger partial charge in [-0.25, -0.2) is 4.79 Å². The summed E-state index contributed by atoms with van der Waals surface area (Å²) >= 11 is 1.82. The van der Waals surface area contributed by atoms with Gasteiger partial charge in [0.2, 0.25) is 5.91 Å². The summed E-state index contributed by atoms with van der Waals surface area (Å²) < 4.78 is 0. The topological polar surface area (TPSA) is 61.4 Å². The number of fused-ring (bicyclic) bond motifs is 1. The van der Waals surface area contributed by atoms with Crippen LogP contribution in [0.25, 0.3) is 0 Å². The van der Waals surface area contributed by atoms with Crippen molar-refractivity contribution in [2.45, 2.75) is 39.2 Å². The van der Waals surface area contributed by atoms with Crippen LogP contribution in [-0.4, -0.2) is 29.9 Å². The fourth-order valence-electron chi connectivity index (χ4n) is 3.93. The first-order chi connectivity index (χ1) is 13.0. The molecule has 2 N–H and O–H groups in total. The van der Waals surface area contributed by atoms with Crippen LogP contribution in [0.4, 0.5) is 10.5 Å². The molecule has 1 saturated carbocycles. The molecule has 5 nitrogen and oxygen atoms in total. The third-order valence-electron chi connectivity index (χ3n) is 5.64. The first-order valence-electron chi connectivity index (χ1n) is 9.50. The van der Waals surface area contributed by atoms with Crippen LogP contribution in [0, 0.1) is 19.8 Å². The van der Waals surface area contributed by atoms with E-state index in [0.29, 0.717) is 12.0 Å². The standard InChI is InChI=1S/C21H25N3O2S/c1-13-4-3-5-17(14(13)2)22-21(26)23-19(25)12-24-10-8-18-16(9-11-27-18)20(24)15-6-7-15/h3-5,9,11,15,20H,6-8,10,12H2,1-2H3,(H2,22,23,25,26)/t20-/m1/s1. The lowest BCUT2D eigenvalue weighted by Crippen LogP contribution is -2.45. The van der Waals surface area contributed by atoms with Crippen LogP contribution < -0.4 is 10.6 Å². The van der Waals surface area contributed by atoms with E-state index in [4.69, 9.17) is 0 Å². The van der Waals surface area contributed by atoms with E-state index >= 15 is 0 Å². The minimum Gasteiger partial charge on any atom is -0.307 e. The second-order valence-corrected chi connectivity index (χ2v) is 8.55.